The Hall–Kier alpha value is -2.37. The Kier molecular flexibility index (Phi) is 5.36. The highest BCUT2D eigenvalue weighted by molar-refractivity contribution is 6.39. The number of urea groups is 1. The van der Waals surface area contributed by atoms with Crippen LogP contribution < -0.4 is 16.4 Å². The van der Waals surface area contributed by atoms with E-state index in [4.69, 9.17) is 28.9 Å². The molecule has 0 aliphatic heterocycles. The number of nitrogens with one attached hydrogen (secondary N) is 2. The van der Waals surface area contributed by atoms with Crippen LogP contribution in [-0.2, 0) is 6.54 Å². The smallest absolute Gasteiger partial charge is 0.319 e. The van der Waals surface area contributed by atoms with E-state index in [2.05, 4.69) is 39.6 Å². The van der Waals surface area contributed by atoms with Crippen molar-refractivity contribution in [3.63, 3.8) is 0 Å². The van der Waals surface area contributed by atoms with Gasteiger partial charge in [-0.25, -0.2) is 4.79 Å². The maximum Gasteiger partial charge on any atom is 0.319 e. The van der Waals surface area contributed by atoms with E-state index >= 15 is 0 Å². The van der Waals surface area contributed by atoms with Gasteiger partial charge in [0.05, 0.1) is 15.7 Å². The van der Waals surface area contributed by atoms with Crippen molar-refractivity contribution in [2.45, 2.75) is 13.0 Å². The fourth-order valence-electron chi connectivity index (χ4n) is 2.62. The Morgan fingerprint density at radius 3 is 2.60 bits per heavy atom. The molecule has 0 saturated heterocycles. The second-order valence-corrected chi connectivity index (χ2v) is 6.47. The number of halogens is 2. The number of rotatable bonds is 5. The van der Waals surface area contributed by atoms with Gasteiger partial charge in [-0.3, -0.25) is 0 Å². The summed E-state index contributed by atoms with van der Waals surface area (Å²) in [5.41, 5.74) is 7.66. The molecule has 3 aromatic rings. The van der Waals surface area contributed by atoms with Crippen LogP contribution in [0.25, 0.3) is 10.9 Å². The van der Waals surface area contributed by atoms with Crippen LogP contribution in [0, 0.1) is 0 Å². The number of aromatic nitrogens is 1. The molecule has 0 spiro atoms. The Labute approximate surface area is 155 Å². The number of nitrogens with two attached hydrogens (primary N) is 1. The van der Waals surface area contributed by atoms with E-state index in [1.54, 1.807) is 12.1 Å². The molecule has 0 aliphatic rings. The standard InChI is InChI=1S/C18H18Cl2N4O/c19-14-10-13(11-15(20)17(14)21)23-18(25)22-7-3-8-24-9-6-12-4-1-2-5-16(12)24/h1-2,4-6,9-11H,3,7-8,21H2,(H2,22,23,25). The molecule has 0 aliphatic carbocycles. The van der Waals surface area contributed by atoms with Gasteiger partial charge in [-0.2, -0.15) is 0 Å². The average molecular weight is 377 g/mol. The molecule has 2 amide bonds. The second kappa shape index (κ2) is 7.68. The zero-order chi connectivity index (χ0) is 17.8. The lowest BCUT2D eigenvalue weighted by Gasteiger charge is -2.10. The zero-order valence-corrected chi connectivity index (χ0v) is 14.9. The molecule has 1 aromatic heterocycles. The highest BCUT2D eigenvalue weighted by Crippen LogP contribution is 2.31. The summed E-state index contributed by atoms with van der Waals surface area (Å²) in [7, 11) is 0. The maximum atomic E-state index is 11.9. The summed E-state index contributed by atoms with van der Waals surface area (Å²) in [4.78, 5) is 11.9. The first-order valence-corrected chi connectivity index (χ1v) is 8.63. The monoisotopic (exact) mass is 376 g/mol. The van der Waals surface area contributed by atoms with Crippen LogP contribution in [0.15, 0.2) is 48.7 Å². The molecule has 7 heteroatoms. The highest BCUT2D eigenvalue weighted by atomic mass is 35.5. The predicted octanol–water partition coefficient (Wildman–Crippen LogP) is 4.74. The summed E-state index contributed by atoms with van der Waals surface area (Å²) >= 11 is 11.9. The Balaban J connectivity index is 1.48. The van der Waals surface area contributed by atoms with Gasteiger partial charge in [0.1, 0.15) is 0 Å². The van der Waals surface area contributed by atoms with Crippen molar-refractivity contribution in [2.75, 3.05) is 17.6 Å². The molecular formula is C18H18Cl2N4O. The summed E-state index contributed by atoms with van der Waals surface area (Å²) in [5.74, 6) is 0. The largest absolute Gasteiger partial charge is 0.396 e. The number of aryl methyl sites for hydroxylation is 1. The van der Waals surface area contributed by atoms with Gasteiger partial charge in [0.25, 0.3) is 0 Å². The van der Waals surface area contributed by atoms with Gasteiger partial charge in [0, 0.05) is 30.5 Å². The molecule has 0 fully saturated rings. The molecule has 3 rings (SSSR count). The number of nitrogens with zero attached hydrogens (tertiary/aromatic N) is 1. The number of hydrogen-bond acceptors (Lipinski definition) is 2. The van der Waals surface area contributed by atoms with Crippen LogP contribution in [0.5, 0.6) is 0 Å². The normalized spacial score (nSPS) is 10.8. The summed E-state index contributed by atoms with van der Waals surface area (Å²) in [5, 5.41) is 7.34. The van der Waals surface area contributed by atoms with Crippen molar-refractivity contribution in [3.05, 3.63) is 58.7 Å². The molecule has 0 atom stereocenters. The topological polar surface area (TPSA) is 72.1 Å². The number of benzene rings is 2. The van der Waals surface area contributed by atoms with Crippen LogP contribution in [0.2, 0.25) is 10.0 Å². The molecule has 0 unspecified atom stereocenters. The molecule has 0 saturated carbocycles. The third-order valence-electron chi connectivity index (χ3n) is 3.88. The van der Waals surface area contributed by atoms with Crippen LogP contribution in [0.3, 0.4) is 0 Å². The van der Waals surface area contributed by atoms with Crippen LogP contribution in [0.4, 0.5) is 16.2 Å². The molecule has 5 nitrogen and oxygen atoms in total. The van der Waals surface area contributed by atoms with Gasteiger partial charge in [-0.1, -0.05) is 41.4 Å². The summed E-state index contributed by atoms with van der Waals surface area (Å²) in [6.45, 7) is 1.38. The lowest BCUT2D eigenvalue weighted by Crippen LogP contribution is -2.30. The van der Waals surface area contributed by atoms with Crippen molar-refractivity contribution < 1.29 is 4.79 Å². The average Bonchev–Trinajstić information content (AvgIpc) is 3.00. The van der Waals surface area contributed by atoms with E-state index in [1.807, 2.05) is 12.1 Å². The molecule has 25 heavy (non-hydrogen) atoms. The van der Waals surface area contributed by atoms with Gasteiger partial charge < -0.3 is 20.9 Å². The Morgan fingerprint density at radius 1 is 1.12 bits per heavy atom. The van der Waals surface area contributed by atoms with Crippen molar-refractivity contribution in [2.24, 2.45) is 0 Å². The predicted molar refractivity (Wildman–Crippen MR) is 104 cm³/mol. The van der Waals surface area contributed by atoms with E-state index in [-0.39, 0.29) is 6.03 Å². The quantitative estimate of drug-likeness (QED) is 0.444. The number of nitrogen functional groups attached to an aromatic ring is 1. The number of fused-ring (bicyclic) bond motifs is 1. The number of amides is 2. The third-order valence-corrected chi connectivity index (χ3v) is 4.50. The van der Waals surface area contributed by atoms with Gasteiger partial charge in [-0.15, -0.1) is 0 Å². The SMILES string of the molecule is Nc1c(Cl)cc(NC(=O)NCCCn2ccc3ccccc32)cc1Cl. The van der Waals surface area contributed by atoms with Gasteiger partial charge in [-0.05, 0) is 36.1 Å². The molecule has 2 aromatic carbocycles. The first-order valence-electron chi connectivity index (χ1n) is 7.88. The Bertz CT molecular complexity index is 884. The summed E-state index contributed by atoms with van der Waals surface area (Å²) in [6, 6.07) is 13.1. The van der Waals surface area contributed by atoms with Gasteiger partial charge >= 0.3 is 6.03 Å². The molecule has 130 valence electrons. The lowest BCUT2D eigenvalue weighted by molar-refractivity contribution is 0.252. The van der Waals surface area contributed by atoms with E-state index in [9.17, 15) is 4.79 Å². The van der Waals surface area contributed by atoms with Crippen LogP contribution in [0.1, 0.15) is 6.42 Å². The number of hydrogen-bond donors (Lipinski definition) is 3. The first-order chi connectivity index (χ1) is 12.0. The van der Waals surface area contributed by atoms with Crippen LogP contribution in [-0.4, -0.2) is 17.1 Å². The lowest BCUT2D eigenvalue weighted by atomic mass is 10.2. The fourth-order valence-corrected chi connectivity index (χ4v) is 3.11. The minimum Gasteiger partial charge on any atom is -0.396 e. The van der Waals surface area contributed by atoms with Crippen molar-refractivity contribution in [3.8, 4) is 0 Å². The van der Waals surface area contributed by atoms with E-state index in [1.165, 1.54) is 10.9 Å². The minimum absolute atomic E-state index is 0.299. The molecule has 0 radical (unpaired) electrons. The summed E-state index contributed by atoms with van der Waals surface area (Å²) in [6.07, 6.45) is 2.87. The van der Waals surface area contributed by atoms with Crippen molar-refractivity contribution in [1.82, 2.24) is 9.88 Å². The Morgan fingerprint density at radius 2 is 1.84 bits per heavy atom. The minimum atomic E-state index is -0.311. The molecule has 1 heterocycles. The number of carbonyl (C=O) groups excluding carboxylic acids is 1. The van der Waals surface area contributed by atoms with Crippen molar-refractivity contribution in [1.29, 1.82) is 0 Å². The van der Waals surface area contributed by atoms with Gasteiger partial charge in [0.15, 0.2) is 0 Å². The fraction of sp³-hybridized carbons (Fsp3) is 0.167. The zero-order valence-electron chi connectivity index (χ0n) is 13.4. The number of carbonyl (C=O) groups is 1. The van der Waals surface area contributed by atoms with Crippen LogP contribution >= 0.6 is 23.2 Å². The van der Waals surface area contributed by atoms with E-state index in [0.29, 0.717) is 28.0 Å². The maximum absolute atomic E-state index is 11.9. The van der Waals surface area contributed by atoms with E-state index < -0.39 is 0 Å². The number of para-hydroxylation sites is 1. The first kappa shape index (κ1) is 17.5. The number of anilines is 2. The third kappa shape index (κ3) is 4.18. The molecule has 4 N–H and O–H groups in total. The second-order valence-electron chi connectivity index (χ2n) is 5.66. The van der Waals surface area contributed by atoms with Gasteiger partial charge in [0.2, 0.25) is 0 Å². The summed E-state index contributed by atoms with van der Waals surface area (Å²) < 4.78 is 2.18. The molecule has 0 bridgehead atoms. The van der Waals surface area contributed by atoms with Crippen molar-refractivity contribution >= 4 is 51.5 Å². The highest BCUT2D eigenvalue weighted by Gasteiger charge is 2.07. The molecular weight excluding hydrogens is 359 g/mol. The van der Waals surface area contributed by atoms with E-state index in [0.717, 1.165) is 13.0 Å².